The van der Waals surface area contributed by atoms with E-state index in [9.17, 15) is 22.9 Å². The van der Waals surface area contributed by atoms with Crippen molar-refractivity contribution in [3.63, 3.8) is 0 Å². The van der Waals surface area contributed by atoms with E-state index in [4.69, 9.17) is 4.74 Å². The highest BCUT2D eigenvalue weighted by Gasteiger charge is 2.49. The Hall–Kier alpha value is -2.30. The number of aliphatic hydroxyl groups is 1. The summed E-state index contributed by atoms with van der Waals surface area (Å²) in [5, 5.41) is 11.4. The molecule has 0 bridgehead atoms. The number of benzene rings is 2. The van der Waals surface area contributed by atoms with Crippen LogP contribution in [0.3, 0.4) is 0 Å². The first kappa shape index (κ1) is 28.9. The maximum absolute atomic E-state index is 12.9. The van der Waals surface area contributed by atoms with Crippen molar-refractivity contribution >= 4 is 16.1 Å². The van der Waals surface area contributed by atoms with Gasteiger partial charge in [-0.1, -0.05) is 60.9 Å². The third-order valence-electron chi connectivity index (χ3n) is 6.81. The van der Waals surface area contributed by atoms with Crippen molar-refractivity contribution in [1.29, 1.82) is 0 Å². The lowest BCUT2D eigenvalue weighted by Gasteiger charge is -2.33. The summed E-state index contributed by atoms with van der Waals surface area (Å²) in [6, 6.07) is 15.1. The molecule has 1 aliphatic heterocycles. The molecule has 0 radical (unpaired) electrons. The van der Waals surface area contributed by atoms with Crippen LogP contribution < -0.4 is 0 Å². The van der Waals surface area contributed by atoms with Crippen LogP contribution in [0.1, 0.15) is 43.2 Å². The number of carbonyl (C=O) groups excluding carboxylic acids is 1. The molecule has 194 valence electrons. The van der Waals surface area contributed by atoms with Crippen molar-refractivity contribution in [2.75, 3.05) is 27.2 Å². The molecule has 1 aliphatic carbocycles. The second kappa shape index (κ2) is 11.6. The van der Waals surface area contributed by atoms with Gasteiger partial charge in [0.1, 0.15) is 16.7 Å². The van der Waals surface area contributed by atoms with E-state index in [2.05, 4.69) is 14.1 Å². The van der Waals surface area contributed by atoms with Gasteiger partial charge in [-0.2, -0.15) is 0 Å². The third-order valence-corrected chi connectivity index (χ3v) is 7.66. The van der Waals surface area contributed by atoms with Crippen LogP contribution in [-0.2, 0) is 25.3 Å². The van der Waals surface area contributed by atoms with E-state index in [1.165, 1.54) is 12.1 Å². The number of hydrogen-bond acceptors (Lipinski definition) is 6. The molecule has 1 saturated heterocycles. The number of likely N-dealkylation sites (tertiary alicyclic amines) is 1. The van der Waals surface area contributed by atoms with Gasteiger partial charge in [-0.3, -0.25) is 0 Å². The quantitative estimate of drug-likeness (QED) is 0.375. The van der Waals surface area contributed by atoms with Crippen LogP contribution in [0.25, 0.3) is 0 Å². The minimum absolute atomic E-state index is 0. The number of aryl methyl sites for hydroxylation is 1. The van der Waals surface area contributed by atoms with E-state index >= 15 is 0 Å². The lowest BCUT2D eigenvalue weighted by Crippen LogP contribution is -2.46. The standard InChI is InChI=1S/C19H28NO3.C7H8O3S.H2O/c1-20(2)13-12-17(14-20)23-18(21)19(22,16-10-6-7-11-16)15-8-4-3-5-9-15;1-6-2-4-7(5-3-6)11(8,9)10;/h3-5,8-9,16-17,22H,6-7,10-14H2,1-2H3;2-5H,1H3,(H,8,9,10);1H2/q+1;;/p-1. The molecule has 2 fully saturated rings. The number of nitrogens with zero attached hydrogens (tertiary/aromatic N) is 1. The zero-order chi connectivity index (χ0) is 25.0. The van der Waals surface area contributed by atoms with E-state index < -0.39 is 21.7 Å². The van der Waals surface area contributed by atoms with E-state index in [1.807, 2.05) is 37.3 Å². The number of hydrogen-bond donors (Lipinski definition) is 1. The Balaban J connectivity index is 0.000000305. The van der Waals surface area contributed by atoms with Crippen LogP contribution in [0.15, 0.2) is 59.5 Å². The Morgan fingerprint density at radius 2 is 1.60 bits per heavy atom. The van der Waals surface area contributed by atoms with Gasteiger partial charge in [0.2, 0.25) is 0 Å². The molecule has 0 spiro atoms. The fourth-order valence-electron chi connectivity index (χ4n) is 4.83. The highest BCUT2D eigenvalue weighted by atomic mass is 32.2. The lowest BCUT2D eigenvalue weighted by atomic mass is 9.80. The number of rotatable bonds is 5. The van der Waals surface area contributed by atoms with Crippen LogP contribution in [0, 0.1) is 12.8 Å². The fraction of sp³-hybridized carbons (Fsp3) is 0.500. The second-order valence-corrected chi connectivity index (χ2v) is 11.4. The molecule has 2 aromatic rings. The van der Waals surface area contributed by atoms with Gasteiger partial charge in [-0.25, -0.2) is 13.2 Å². The third kappa shape index (κ3) is 7.35. The fourth-order valence-corrected chi connectivity index (χ4v) is 5.30. The summed E-state index contributed by atoms with van der Waals surface area (Å²) in [5.74, 6) is -0.496. The average Bonchev–Trinajstić information content (AvgIpc) is 3.44. The van der Waals surface area contributed by atoms with Crippen LogP contribution in [0.5, 0.6) is 0 Å². The van der Waals surface area contributed by atoms with Gasteiger partial charge in [0.25, 0.3) is 0 Å². The minimum atomic E-state index is -4.27. The largest absolute Gasteiger partial charge is 0.744 e. The van der Waals surface area contributed by atoms with Crippen molar-refractivity contribution in [2.45, 2.75) is 55.6 Å². The molecule has 8 nitrogen and oxygen atoms in total. The summed E-state index contributed by atoms with van der Waals surface area (Å²) in [7, 11) is 0.0245. The smallest absolute Gasteiger partial charge is 0.343 e. The van der Waals surface area contributed by atoms with Crippen molar-refractivity contribution < 1.29 is 37.6 Å². The van der Waals surface area contributed by atoms with Crippen LogP contribution in [-0.4, -0.2) is 67.3 Å². The van der Waals surface area contributed by atoms with Crippen LogP contribution >= 0.6 is 0 Å². The van der Waals surface area contributed by atoms with E-state index in [0.717, 1.165) is 55.2 Å². The molecule has 1 saturated carbocycles. The summed E-state index contributed by atoms with van der Waals surface area (Å²) in [6.45, 7) is 3.65. The van der Waals surface area contributed by atoms with Crippen molar-refractivity contribution in [3.8, 4) is 0 Å². The maximum atomic E-state index is 12.9. The Morgan fingerprint density at radius 3 is 2.09 bits per heavy atom. The Kier molecular flexibility index (Phi) is 9.61. The molecule has 2 aromatic carbocycles. The number of carbonyl (C=O) groups is 1. The molecule has 2 aliphatic rings. The zero-order valence-corrected chi connectivity index (χ0v) is 21.5. The van der Waals surface area contributed by atoms with E-state index in [0.29, 0.717) is 5.56 Å². The Bertz CT molecular complexity index is 1060. The normalized spacial score (nSPS) is 21.2. The Morgan fingerprint density at radius 1 is 1.03 bits per heavy atom. The monoisotopic (exact) mass is 507 g/mol. The van der Waals surface area contributed by atoms with Gasteiger partial charge in [-0.05, 0) is 37.5 Å². The first-order valence-electron chi connectivity index (χ1n) is 11.8. The molecular formula is C26H37NO7S. The molecule has 2 unspecified atom stereocenters. The SMILES string of the molecule is C[N+]1(C)CCC(OC(=O)C(O)(c2ccccc2)C2CCCC2)C1.Cc1ccc(S(=O)(=O)[O-])cc1.O. The summed E-state index contributed by atoms with van der Waals surface area (Å²) in [6.07, 6.45) is 4.68. The summed E-state index contributed by atoms with van der Waals surface area (Å²) in [4.78, 5) is 12.8. The lowest BCUT2D eigenvalue weighted by molar-refractivity contribution is -0.879. The first-order chi connectivity index (χ1) is 15.9. The van der Waals surface area contributed by atoms with E-state index in [-0.39, 0.29) is 22.4 Å². The maximum Gasteiger partial charge on any atom is 0.343 e. The number of esters is 1. The summed E-state index contributed by atoms with van der Waals surface area (Å²) < 4.78 is 37.8. The van der Waals surface area contributed by atoms with Gasteiger partial charge in [-0.15, -0.1) is 0 Å². The molecule has 0 aromatic heterocycles. The number of quaternary nitrogens is 1. The highest BCUT2D eigenvalue weighted by molar-refractivity contribution is 7.85. The first-order valence-corrected chi connectivity index (χ1v) is 13.2. The second-order valence-electron chi connectivity index (χ2n) is 10.0. The molecule has 4 rings (SSSR count). The predicted molar refractivity (Wildman–Crippen MR) is 131 cm³/mol. The summed E-state index contributed by atoms with van der Waals surface area (Å²) >= 11 is 0. The molecule has 9 heteroatoms. The molecular weight excluding hydrogens is 470 g/mol. The number of ether oxygens (including phenoxy) is 1. The zero-order valence-electron chi connectivity index (χ0n) is 20.6. The minimum Gasteiger partial charge on any atom is -0.744 e. The molecule has 35 heavy (non-hydrogen) atoms. The van der Waals surface area contributed by atoms with E-state index in [1.54, 1.807) is 12.1 Å². The van der Waals surface area contributed by atoms with Crippen molar-refractivity contribution in [2.24, 2.45) is 5.92 Å². The summed E-state index contributed by atoms with van der Waals surface area (Å²) in [5.41, 5.74) is 0.0957. The Labute approximate surface area is 208 Å². The van der Waals surface area contributed by atoms with Gasteiger partial charge in [0, 0.05) is 12.3 Å². The predicted octanol–water partition coefficient (Wildman–Crippen LogP) is 2.53. The molecule has 0 amide bonds. The molecule has 2 atom stereocenters. The van der Waals surface area contributed by atoms with Gasteiger partial charge in [0.05, 0.1) is 25.5 Å². The van der Waals surface area contributed by atoms with Crippen molar-refractivity contribution in [3.05, 3.63) is 65.7 Å². The van der Waals surface area contributed by atoms with Crippen molar-refractivity contribution in [1.82, 2.24) is 0 Å². The van der Waals surface area contributed by atoms with Gasteiger partial charge >= 0.3 is 5.97 Å². The van der Waals surface area contributed by atoms with Gasteiger partial charge in [0.15, 0.2) is 11.7 Å². The molecule has 1 heterocycles. The highest BCUT2D eigenvalue weighted by Crippen LogP contribution is 2.42. The van der Waals surface area contributed by atoms with Gasteiger partial charge < -0.3 is 24.4 Å². The topological polar surface area (TPSA) is 135 Å². The number of likely N-dealkylation sites (N-methyl/N-ethyl adjacent to an activating group) is 1. The van der Waals surface area contributed by atoms with Crippen LogP contribution in [0.4, 0.5) is 0 Å². The molecule has 3 N–H and O–H groups in total. The average molecular weight is 508 g/mol. The van der Waals surface area contributed by atoms with Crippen LogP contribution in [0.2, 0.25) is 0 Å².